The molecule has 2 saturated heterocycles. The van der Waals surface area contributed by atoms with Crippen LogP contribution < -0.4 is 14.8 Å². The second-order valence-electron chi connectivity index (χ2n) is 10.9. The van der Waals surface area contributed by atoms with Crippen LogP contribution in [0.4, 0.5) is 0 Å². The number of carbonyl (C=O) groups is 2. The van der Waals surface area contributed by atoms with Gasteiger partial charge in [0.25, 0.3) is 5.91 Å². The first-order valence-electron chi connectivity index (χ1n) is 14.1. The molecule has 204 valence electrons. The average molecular weight is 529 g/mol. The molecule has 3 aromatic rings. The number of ether oxygens (including phenoxy) is 2. The third-order valence-corrected chi connectivity index (χ3v) is 8.50. The number of nitrogens with zero attached hydrogens (tertiary/aromatic N) is 3. The maximum atomic E-state index is 13.6. The fourth-order valence-corrected chi connectivity index (χ4v) is 6.55. The number of nitrogens with one attached hydrogen (secondary N) is 1. The van der Waals surface area contributed by atoms with Gasteiger partial charge in [-0.2, -0.15) is 0 Å². The van der Waals surface area contributed by atoms with E-state index in [0.717, 1.165) is 54.6 Å². The van der Waals surface area contributed by atoms with Crippen LogP contribution >= 0.6 is 0 Å². The monoisotopic (exact) mass is 528 g/mol. The molecular weight excluding hydrogens is 492 g/mol. The van der Waals surface area contributed by atoms with Gasteiger partial charge in [0.1, 0.15) is 0 Å². The van der Waals surface area contributed by atoms with Gasteiger partial charge in [0.2, 0.25) is 5.91 Å². The van der Waals surface area contributed by atoms with Crippen molar-refractivity contribution in [2.24, 2.45) is 5.92 Å². The molecule has 0 aliphatic carbocycles. The summed E-state index contributed by atoms with van der Waals surface area (Å²) in [5, 5.41) is 4.09. The lowest BCUT2D eigenvalue weighted by molar-refractivity contribution is -0.122. The van der Waals surface area contributed by atoms with Crippen molar-refractivity contribution in [3.05, 3.63) is 65.9 Å². The Morgan fingerprint density at radius 1 is 1.10 bits per heavy atom. The third-order valence-electron chi connectivity index (χ3n) is 8.50. The Hall–Kier alpha value is -3.65. The fourth-order valence-electron chi connectivity index (χ4n) is 6.55. The van der Waals surface area contributed by atoms with Gasteiger partial charge in [-0.1, -0.05) is 12.1 Å². The normalized spacial score (nSPS) is 24.2. The van der Waals surface area contributed by atoms with Crippen LogP contribution in [0.25, 0.3) is 10.9 Å². The zero-order chi connectivity index (χ0) is 26.8. The van der Waals surface area contributed by atoms with E-state index in [-0.39, 0.29) is 18.4 Å². The number of hydrogen-bond acceptors (Lipinski definition) is 6. The molecule has 0 unspecified atom stereocenters. The maximum Gasteiger partial charge on any atom is 0.254 e. The minimum atomic E-state index is -0.143. The number of pyridine rings is 1. The van der Waals surface area contributed by atoms with Crippen molar-refractivity contribution in [3.8, 4) is 11.5 Å². The van der Waals surface area contributed by atoms with E-state index < -0.39 is 0 Å². The highest BCUT2D eigenvalue weighted by Crippen LogP contribution is 2.46. The number of hydrogen-bond donors (Lipinski definition) is 1. The van der Waals surface area contributed by atoms with E-state index in [9.17, 15) is 9.59 Å². The lowest BCUT2D eigenvalue weighted by Crippen LogP contribution is -2.43. The van der Waals surface area contributed by atoms with Crippen LogP contribution in [-0.4, -0.2) is 72.5 Å². The quantitative estimate of drug-likeness (QED) is 0.537. The average Bonchev–Trinajstić information content (AvgIpc) is 3.57. The van der Waals surface area contributed by atoms with Gasteiger partial charge in [0.15, 0.2) is 11.5 Å². The summed E-state index contributed by atoms with van der Waals surface area (Å²) in [6.07, 6.45) is 6.53. The predicted octanol–water partition coefficient (Wildman–Crippen LogP) is 4.20. The van der Waals surface area contributed by atoms with Gasteiger partial charge in [-0.15, -0.1) is 0 Å². The number of fused-ring (bicyclic) bond motifs is 9. The summed E-state index contributed by atoms with van der Waals surface area (Å²) in [7, 11) is 1.67. The molecular formula is C31H36N4O4. The number of rotatable bonds is 2. The molecule has 0 spiro atoms. The van der Waals surface area contributed by atoms with Gasteiger partial charge in [-0.25, -0.2) is 0 Å². The largest absolute Gasteiger partial charge is 0.493 e. The van der Waals surface area contributed by atoms with E-state index in [0.29, 0.717) is 43.3 Å². The summed E-state index contributed by atoms with van der Waals surface area (Å²) < 4.78 is 11.8. The highest BCUT2D eigenvalue weighted by Gasteiger charge is 2.44. The SMILES string of the molecule is COc1ccc2cc1OCCCCN(C(=O)c1ccc3ncccc3c1)CC(=O)NC[C@H]1C[C@H]2N2CCC[C@@H]12. The van der Waals surface area contributed by atoms with Crippen molar-refractivity contribution in [2.75, 3.05) is 39.9 Å². The van der Waals surface area contributed by atoms with E-state index in [1.54, 1.807) is 24.3 Å². The summed E-state index contributed by atoms with van der Waals surface area (Å²) >= 11 is 0. The van der Waals surface area contributed by atoms with Crippen molar-refractivity contribution < 1.29 is 19.1 Å². The number of benzene rings is 2. The van der Waals surface area contributed by atoms with Crippen LogP contribution in [0.15, 0.2) is 54.7 Å². The molecule has 8 heteroatoms. The van der Waals surface area contributed by atoms with Crippen LogP contribution in [0.1, 0.15) is 54.1 Å². The van der Waals surface area contributed by atoms with Crippen LogP contribution in [0.5, 0.6) is 11.5 Å². The van der Waals surface area contributed by atoms with Crippen molar-refractivity contribution in [2.45, 2.75) is 44.2 Å². The van der Waals surface area contributed by atoms with E-state index in [1.807, 2.05) is 30.3 Å². The van der Waals surface area contributed by atoms with Crippen molar-refractivity contribution in [1.82, 2.24) is 20.1 Å². The molecule has 4 heterocycles. The lowest BCUT2D eigenvalue weighted by atomic mass is 9.94. The summed E-state index contributed by atoms with van der Waals surface area (Å²) in [5.41, 5.74) is 2.66. The molecule has 0 saturated carbocycles. The minimum Gasteiger partial charge on any atom is -0.493 e. The van der Waals surface area contributed by atoms with Crippen LogP contribution in [0.2, 0.25) is 0 Å². The predicted molar refractivity (Wildman–Crippen MR) is 149 cm³/mol. The zero-order valence-electron chi connectivity index (χ0n) is 22.5. The molecule has 3 atom stereocenters. The first kappa shape index (κ1) is 25.6. The van der Waals surface area contributed by atoms with Crippen molar-refractivity contribution >= 4 is 22.7 Å². The van der Waals surface area contributed by atoms with Crippen molar-refractivity contribution in [3.63, 3.8) is 0 Å². The summed E-state index contributed by atoms with van der Waals surface area (Å²) in [5.74, 6) is 1.64. The first-order chi connectivity index (χ1) is 19.1. The molecule has 0 radical (unpaired) electrons. The lowest BCUT2D eigenvalue weighted by Gasteiger charge is -2.25. The summed E-state index contributed by atoms with van der Waals surface area (Å²) in [6, 6.07) is 16.4. The zero-order valence-corrected chi connectivity index (χ0v) is 22.5. The summed E-state index contributed by atoms with van der Waals surface area (Å²) in [4.78, 5) is 35.3. The molecule has 3 aliphatic heterocycles. The molecule has 2 aromatic carbocycles. The molecule has 4 bridgehead atoms. The standard InChI is InChI=1S/C31H36N4O4/c1-38-28-11-9-22-18-29(28)39-15-3-2-13-34(31(37)23-8-10-25-21(16-23)6-4-12-32-25)20-30(36)33-19-24-17-27(22)35-14-5-7-26(24)35/h4,6,8-12,16,18,24,26-27H,2-3,5,7,13-15,17,19-20H2,1H3,(H,33,36)/t24-,26+,27-/m1/s1. The van der Waals surface area contributed by atoms with Gasteiger partial charge in [0, 0.05) is 42.3 Å². The number of amides is 2. The number of carbonyl (C=O) groups excluding carboxylic acids is 2. The first-order valence-corrected chi connectivity index (χ1v) is 14.1. The van der Waals surface area contributed by atoms with Gasteiger partial charge in [-0.05, 0) is 86.5 Å². The Bertz CT molecular complexity index is 1360. The van der Waals surface area contributed by atoms with Crippen LogP contribution in [-0.2, 0) is 4.79 Å². The Labute approximate surface area is 229 Å². The molecule has 2 fully saturated rings. The van der Waals surface area contributed by atoms with Gasteiger partial charge in [-0.3, -0.25) is 19.5 Å². The van der Waals surface area contributed by atoms with E-state index >= 15 is 0 Å². The molecule has 2 amide bonds. The topological polar surface area (TPSA) is 84.0 Å². The van der Waals surface area contributed by atoms with E-state index in [4.69, 9.17) is 9.47 Å². The minimum absolute atomic E-state index is 0.0438. The van der Waals surface area contributed by atoms with Gasteiger partial charge in [0.05, 0.1) is 25.8 Å². The second-order valence-corrected chi connectivity index (χ2v) is 10.9. The van der Waals surface area contributed by atoms with E-state index in [2.05, 4.69) is 27.3 Å². The second kappa shape index (κ2) is 11.2. The van der Waals surface area contributed by atoms with Crippen LogP contribution in [0.3, 0.4) is 0 Å². The molecule has 3 aliphatic rings. The van der Waals surface area contributed by atoms with Crippen LogP contribution in [0, 0.1) is 5.92 Å². The molecule has 1 aromatic heterocycles. The highest BCUT2D eigenvalue weighted by atomic mass is 16.5. The Morgan fingerprint density at radius 2 is 2.03 bits per heavy atom. The maximum absolute atomic E-state index is 13.6. The fraction of sp³-hybridized carbons (Fsp3) is 0.452. The Kier molecular flexibility index (Phi) is 7.37. The summed E-state index contributed by atoms with van der Waals surface area (Å²) in [6.45, 7) is 2.72. The molecule has 6 rings (SSSR count). The highest BCUT2D eigenvalue weighted by molar-refractivity contribution is 5.99. The number of methoxy groups -OCH3 is 1. The third kappa shape index (κ3) is 5.30. The number of aromatic nitrogens is 1. The molecule has 8 nitrogen and oxygen atoms in total. The van der Waals surface area contributed by atoms with Crippen molar-refractivity contribution in [1.29, 1.82) is 0 Å². The molecule has 39 heavy (non-hydrogen) atoms. The van der Waals surface area contributed by atoms with E-state index in [1.165, 1.54) is 12.0 Å². The van der Waals surface area contributed by atoms with Gasteiger partial charge >= 0.3 is 0 Å². The Morgan fingerprint density at radius 3 is 2.92 bits per heavy atom. The smallest absolute Gasteiger partial charge is 0.254 e. The van der Waals surface area contributed by atoms with Gasteiger partial charge < -0.3 is 19.7 Å². The Balaban J connectivity index is 1.24. The molecule has 1 N–H and O–H groups in total.